The second kappa shape index (κ2) is 12.2. The van der Waals surface area contributed by atoms with Crippen LogP contribution in [0.2, 0.25) is 5.02 Å². The standard InChI is InChI=1S/C30H34ClN5O5S/c31-25-3-1-24-18-27(4-2-23(24)17-25)42(39,40)35-20-28(30(38)34-13-15-41-16-14-34)36(29(37)21-35)19-22-7-11-33(12-8-22)26-5-9-32-10-6-26/h1-6,9-10,17-18,22,28H,7-8,11-16,19-21H2. The predicted molar refractivity (Wildman–Crippen MR) is 160 cm³/mol. The largest absolute Gasteiger partial charge is 0.378 e. The van der Waals surface area contributed by atoms with Gasteiger partial charge < -0.3 is 19.4 Å². The van der Waals surface area contributed by atoms with Crippen molar-refractivity contribution in [3.63, 3.8) is 0 Å². The highest BCUT2D eigenvalue weighted by atomic mass is 35.5. The molecule has 2 amide bonds. The molecular weight excluding hydrogens is 578 g/mol. The number of aromatic nitrogens is 1. The van der Waals surface area contributed by atoms with E-state index in [0.717, 1.165) is 46.7 Å². The number of anilines is 1. The summed E-state index contributed by atoms with van der Waals surface area (Å²) in [6.45, 7) is 3.39. The Bertz CT molecular complexity index is 1560. The minimum atomic E-state index is -4.04. The first-order chi connectivity index (χ1) is 20.3. The van der Waals surface area contributed by atoms with E-state index >= 15 is 0 Å². The lowest BCUT2D eigenvalue weighted by molar-refractivity contribution is -0.152. The molecule has 1 aromatic heterocycles. The maximum Gasteiger partial charge on any atom is 0.246 e. The molecule has 42 heavy (non-hydrogen) atoms. The van der Waals surface area contributed by atoms with Crippen molar-refractivity contribution in [2.75, 3.05) is 63.9 Å². The van der Waals surface area contributed by atoms with Crippen LogP contribution in [0.1, 0.15) is 12.8 Å². The van der Waals surface area contributed by atoms with Gasteiger partial charge in [0.25, 0.3) is 0 Å². The van der Waals surface area contributed by atoms with Crippen molar-refractivity contribution in [1.29, 1.82) is 0 Å². The van der Waals surface area contributed by atoms with Crippen LogP contribution in [-0.2, 0) is 24.3 Å². The topological polar surface area (TPSA) is 103 Å². The van der Waals surface area contributed by atoms with Crippen molar-refractivity contribution in [1.82, 2.24) is 19.1 Å². The average Bonchev–Trinajstić information content (AvgIpc) is 3.02. The van der Waals surface area contributed by atoms with Crippen LogP contribution in [0.3, 0.4) is 0 Å². The summed E-state index contributed by atoms with van der Waals surface area (Å²) in [4.78, 5) is 37.3. The minimum absolute atomic E-state index is 0.0830. The highest BCUT2D eigenvalue weighted by Crippen LogP contribution is 2.29. The lowest BCUT2D eigenvalue weighted by Crippen LogP contribution is -2.64. The predicted octanol–water partition coefficient (Wildman–Crippen LogP) is 2.87. The van der Waals surface area contributed by atoms with E-state index in [1.807, 2.05) is 12.1 Å². The molecule has 6 rings (SSSR count). The first kappa shape index (κ1) is 28.9. The molecule has 3 aliphatic heterocycles. The molecule has 0 radical (unpaired) electrons. The van der Waals surface area contributed by atoms with Gasteiger partial charge in [0.2, 0.25) is 21.8 Å². The lowest BCUT2D eigenvalue weighted by atomic mass is 9.94. The van der Waals surface area contributed by atoms with Crippen LogP contribution in [0.25, 0.3) is 10.8 Å². The van der Waals surface area contributed by atoms with Gasteiger partial charge in [0.05, 0.1) is 24.7 Å². The highest BCUT2D eigenvalue weighted by molar-refractivity contribution is 7.89. The normalized spacial score (nSPS) is 21.2. The third-order valence-electron chi connectivity index (χ3n) is 8.50. The van der Waals surface area contributed by atoms with Gasteiger partial charge in [0.1, 0.15) is 6.04 Å². The number of benzene rings is 2. The van der Waals surface area contributed by atoms with Crippen LogP contribution in [0.5, 0.6) is 0 Å². The number of fused-ring (bicyclic) bond motifs is 1. The molecular formula is C30H34ClN5O5S. The van der Waals surface area contributed by atoms with E-state index in [-0.39, 0.29) is 35.7 Å². The van der Waals surface area contributed by atoms with Crippen LogP contribution in [0, 0.1) is 5.92 Å². The van der Waals surface area contributed by atoms with Gasteiger partial charge in [-0.05, 0) is 65.9 Å². The van der Waals surface area contributed by atoms with E-state index in [2.05, 4.69) is 9.88 Å². The lowest BCUT2D eigenvalue weighted by Gasteiger charge is -2.44. The van der Waals surface area contributed by atoms with Crippen molar-refractivity contribution in [2.24, 2.45) is 5.92 Å². The molecule has 0 aliphatic carbocycles. The Balaban J connectivity index is 1.22. The van der Waals surface area contributed by atoms with E-state index in [1.54, 1.807) is 52.5 Å². The number of carbonyl (C=O) groups excluding carboxylic acids is 2. The van der Waals surface area contributed by atoms with Crippen LogP contribution < -0.4 is 4.90 Å². The first-order valence-corrected chi connectivity index (χ1v) is 16.1. The molecule has 0 N–H and O–H groups in total. The Hall–Kier alpha value is -3.25. The summed E-state index contributed by atoms with van der Waals surface area (Å²) in [6, 6.07) is 13.2. The summed E-state index contributed by atoms with van der Waals surface area (Å²) in [7, 11) is -4.04. The number of hydrogen-bond acceptors (Lipinski definition) is 7. The number of halogens is 1. The quantitative estimate of drug-likeness (QED) is 0.422. The molecule has 3 fully saturated rings. The summed E-state index contributed by atoms with van der Waals surface area (Å²) < 4.78 is 34.3. The minimum Gasteiger partial charge on any atom is -0.378 e. The van der Waals surface area contributed by atoms with Gasteiger partial charge in [-0.25, -0.2) is 8.42 Å². The molecule has 2 aromatic carbocycles. The SMILES string of the molecule is O=C(C1CN(S(=O)(=O)c2ccc3cc(Cl)ccc3c2)CC(=O)N1CC1CCN(c2ccncc2)CC1)N1CCOCC1. The summed E-state index contributed by atoms with van der Waals surface area (Å²) in [5.41, 5.74) is 1.12. The van der Waals surface area contributed by atoms with Gasteiger partial charge >= 0.3 is 0 Å². The number of morpholine rings is 1. The van der Waals surface area contributed by atoms with Crippen LogP contribution >= 0.6 is 11.6 Å². The molecule has 222 valence electrons. The number of sulfonamides is 1. The van der Waals surface area contributed by atoms with E-state index in [9.17, 15) is 18.0 Å². The number of rotatable bonds is 6. The number of ether oxygens (including phenoxy) is 1. The van der Waals surface area contributed by atoms with E-state index in [4.69, 9.17) is 16.3 Å². The van der Waals surface area contributed by atoms with E-state index < -0.39 is 16.1 Å². The molecule has 1 unspecified atom stereocenters. The zero-order valence-electron chi connectivity index (χ0n) is 23.3. The maximum absolute atomic E-state index is 13.8. The van der Waals surface area contributed by atoms with Crippen molar-refractivity contribution in [2.45, 2.75) is 23.8 Å². The number of carbonyl (C=O) groups is 2. The molecule has 4 heterocycles. The van der Waals surface area contributed by atoms with E-state index in [1.165, 1.54) is 6.07 Å². The zero-order valence-corrected chi connectivity index (χ0v) is 24.8. The second-order valence-electron chi connectivity index (χ2n) is 11.1. The Morgan fingerprint density at radius 2 is 1.64 bits per heavy atom. The molecule has 3 aliphatic rings. The molecule has 12 heteroatoms. The third kappa shape index (κ3) is 5.96. The Kier molecular flexibility index (Phi) is 8.35. The highest BCUT2D eigenvalue weighted by Gasteiger charge is 2.44. The monoisotopic (exact) mass is 611 g/mol. The third-order valence-corrected chi connectivity index (χ3v) is 10.5. The van der Waals surface area contributed by atoms with Crippen LogP contribution in [0.4, 0.5) is 5.69 Å². The Morgan fingerprint density at radius 3 is 2.38 bits per heavy atom. The summed E-state index contributed by atoms with van der Waals surface area (Å²) >= 11 is 6.10. The fraction of sp³-hybridized carbons (Fsp3) is 0.433. The zero-order chi connectivity index (χ0) is 29.3. The smallest absolute Gasteiger partial charge is 0.246 e. The maximum atomic E-state index is 13.8. The van der Waals surface area contributed by atoms with Gasteiger partial charge in [-0.3, -0.25) is 14.6 Å². The number of hydrogen-bond donors (Lipinski definition) is 0. The second-order valence-corrected chi connectivity index (χ2v) is 13.5. The van der Waals surface area contributed by atoms with Gasteiger partial charge in [-0.15, -0.1) is 0 Å². The summed E-state index contributed by atoms with van der Waals surface area (Å²) in [6.07, 6.45) is 5.30. The molecule has 3 saturated heterocycles. The summed E-state index contributed by atoms with van der Waals surface area (Å²) in [5.74, 6) is -0.364. The van der Waals surface area contributed by atoms with Crippen molar-refractivity contribution >= 4 is 49.9 Å². The number of piperazine rings is 1. The van der Waals surface area contributed by atoms with Crippen LogP contribution in [-0.4, -0.2) is 104 Å². The first-order valence-electron chi connectivity index (χ1n) is 14.3. The van der Waals surface area contributed by atoms with Crippen LogP contribution in [0.15, 0.2) is 65.8 Å². The summed E-state index contributed by atoms with van der Waals surface area (Å²) in [5, 5.41) is 2.11. The molecule has 0 bridgehead atoms. The number of pyridine rings is 1. The molecule has 3 aromatic rings. The molecule has 10 nitrogen and oxygen atoms in total. The fourth-order valence-corrected chi connectivity index (χ4v) is 7.71. The molecule has 1 atom stereocenters. The average molecular weight is 612 g/mol. The number of nitrogens with zero attached hydrogens (tertiary/aromatic N) is 5. The van der Waals surface area contributed by atoms with E-state index in [0.29, 0.717) is 37.9 Å². The molecule has 0 spiro atoms. The van der Waals surface area contributed by atoms with Gasteiger partial charge in [-0.2, -0.15) is 4.31 Å². The Morgan fingerprint density at radius 1 is 0.952 bits per heavy atom. The van der Waals surface area contributed by atoms with Gasteiger partial charge in [0, 0.05) is 62.4 Å². The van der Waals surface area contributed by atoms with Crippen molar-refractivity contribution < 1.29 is 22.7 Å². The fourth-order valence-electron chi connectivity index (χ4n) is 6.10. The van der Waals surface area contributed by atoms with Crippen molar-refractivity contribution in [3.05, 3.63) is 65.9 Å². The number of piperidine rings is 1. The Labute approximate surface area is 250 Å². The molecule has 0 saturated carbocycles. The van der Waals surface area contributed by atoms with Crippen molar-refractivity contribution in [3.8, 4) is 0 Å². The number of amides is 2. The van der Waals surface area contributed by atoms with Gasteiger partial charge in [-0.1, -0.05) is 23.7 Å². The van der Waals surface area contributed by atoms with Gasteiger partial charge in [0.15, 0.2) is 0 Å².